The van der Waals surface area contributed by atoms with Crippen LogP contribution < -0.4 is 5.73 Å². The minimum absolute atomic E-state index is 0.681. The van der Waals surface area contributed by atoms with Crippen molar-refractivity contribution in [1.82, 2.24) is 9.78 Å². The van der Waals surface area contributed by atoms with Gasteiger partial charge in [0.05, 0.1) is 15.0 Å². The number of aryl methyl sites for hydroxylation is 1. The zero-order valence-corrected chi connectivity index (χ0v) is 11.8. The van der Waals surface area contributed by atoms with E-state index >= 15 is 0 Å². The second kappa shape index (κ2) is 4.13. The number of anilines is 1. The van der Waals surface area contributed by atoms with Crippen LogP contribution >= 0.6 is 38.5 Å². The van der Waals surface area contributed by atoms with E-state index in [2.05, 4.69) is 43.6 Å². The van der Waals surface area contributed by atoms with Crippen LogP contribution in [0.25, 0.3) is 5.69 Å². The standard InChI is InChI=1S/C10H9BrIN3/c1-6-9(12)10(13)15(14-6)8-5-3-2-4-7(8)11/h2-5H,13H2,1H3. The molecule has 78 valence electrons. The van der Waals surface area contributed by atoms with Gasteiger partial charge in [-0.15, -0.1) is 0 Å². The summed E-state index contributed by atoms with van der Waals surface area (Å²) in [6.07, 6.45) is 0. The van der Waals surface area contributed by atoms with Gasteiger partial charge in [0.25, 0.3) is 0 Å². The number of halogens is 2. The molecule has 1 aromatic carbocycles. The van der Waals surface area contributed by atoms with E-state index < -0.39 is 0 Å². The minimum Gasteiger partial charge on any atom is -0.383 e. The molecule has 2 aromatic rings. The van der Waals surface area contributed by atoms with Gasteiger partial charge in [-0.05, 0) is 57.6 Å². The molecule has 1 heterocycles. The lowest BCUT2D eigenvalue weighted by Gasteiger charge is -2.05. The maximum absolute atomic E-state index is 5.98. The number of hydrogen-bond acceptors (Lipinski definition) is 2. The van der Waals surface area contributed by atoms with Gasteiger partial charge in [0.15, 0.2) is 0 Å². The number of nitrogen functional groups attached to an aromatic ring is 1. The molecule has 0 saturated carbocycles. The van der Waals surface area contributed by atoms with Gasteiger partial charge in [-0.2, -0.15) is 5.10 Å². The number of nitrogens with two attached hydrogens (primary N) is 1. The van der Waals surface area contributed by atoms with E-state index in [1.165, 1.54) is 0 Å². The van der Waals surface area contributed by atoms with Gasteiger partial charge in [0.1, 0.15) is 5.82 Å². The number of para-hydroxylation sites is 1. The van der Waals surface area contributed by atoms with Crippen molar-refractivity contribution in [2.24, 2.45) is 0 Å². The maximum atomic E-state index is 5.98. The lowest BCUT2D eigenvalue weighted by Crippen LogP contribution is -2.02. The fraction of sp³-hybridized carbons (Fsp3) is 0.100. The highest BCUT2D eigenvalue weighted by Crippen LogP contribution is 2.26. The van der Waals surface area contributed by atoms with Gasteiger partial charge >= 0.3 is 0 Å². The first-order valence-electron chi connectivity index (χ1n) is 4.36. The predicted octanol–water partition coefficient (Wildman–Crippen LogP) is 3.13. The third-order valence-corrected chi connectivity index (χ3v) is 4.11. The molecule has 0 unspecified atom stereocenters. The van der Waals surface area contributed by atoms with Crippen molar-refractivity contribution in [1.29, 1.82) is 0 Å². The Hall–Kier alpha value is -0.560. The van der Waals surface area contributed by atoms with Crippen LogP contribution in [0.15, 0.2) is 28.7 Å². The molecule has 0 radical (unpaired) electrons. The molecule has 0 aliphatic rings. The molecule has 0 bridgehead atoms. The first-order valence-corrected chi connectivity index (χ1v) is 6.24. The number of benzene rings is 1. The van der Waals surface area contributed by atoms with Crippen molar-refractivity contribution in [2.45, 2.75) is 6.92 Å². The Morgan fingerprint density at radius 2 is 2.07 bits per heavy atom. The summed E-state index contributed by atoms with van der Waals surface area (Å²) < 4.78 is 3.74. The van der Waals surface area contributed by atoms with Crippen molar-refractivity contribution < 1.29 is 0 Å². The molecule has 0 fully saturated rings. The number of hydrogen-bond donors (Lipinski definition) is 1. The number of rotatable bonds is 1. The number of nitrogens with zero attached hydrogens (tertiary/aromatic N) is 2. The van der Waals surface area contributed by atoms with Crippen LogP contribution in [0, 0.1) is 10.5 Å². The normalized spacial score (nSPS) is 10.6. The molecule has 0 saturated heterocycles. The van der Waals surface area contributed by atoms with Crippen molar-refractivity contribution in [3.8, 4) is 5.69 Å². The Morgan fingerprint density at radius 3 is 2.60 bits per heavy atom. The van der Waals surface area contributed by atoms with E-state index in [9.17, 15) is 0 Å². The highest BCUT2D eigenvalue weighted by atomic mass is 127. The van der Waals surface area contributed by atoms with Crippen LogP contribution in [0.3, 0.4) is 0 Å². The first-order chi connectivity index (χ1) is 7.11. The monoisotopic (exact) mass is 377 g/mol. The molecule has 3 nitrogen and oxygen atoms in total. The predicted molar refractivity (Wildman–Crippen MR) is 73.1 cm³/mol. The molecule has 1 aromatic heterocycles. The topological polar surface area (TPSA) is 43.8 Å². The zero-order valence-electron chi connectivity index (χ0n) is 8.04. The molecule has 5 heteroatoms. The average Bonchev–Trinajstić information content (AvgIpc) is 2.47. The summed E-state index contributed by atoms with van der Waals surface area (Å²) in [5.41, 5.74) is 7.88. The molecular formula is C10H9BrIN3. The van der Waals surface area contributed by atoms with Crippen LogP contribution in [0.2, 0.25) is 0 Å². The van der Waals surface area contributed by atoms with E-state index in [1.54, 1.807) is 4.68 Å². The van der Waals surface area contributed by atoms with Crippen molar-refractivity contribution in [2.75, 3.05) is 5.73 Å². The first kappa shape index (κ1) is 10.9. The Morgan fingerprint density at radius 1 is 1.40 bits per heavy atom. The summed E-state index contributed by atoms with van der Waals surface area (Å²) >= 11 is 5.69. The Balaban J connectivity index is 2.65. The highest BCUT2D eigenvalue weighted by Gasteiger charge is 2.12. The molecule has 2 rings (SSSR count). The molecule has 0 aliphatic heterocycles. The van der Waals surface area contributed by atoms with E-state index in [-0.39, 0.29) is 0 Å². The summed E-state index contributed by atoms with van der Waals surface area (Å²) in [6.45, 7) is 1.95. The van der Waals surface area contributed by atoms with Gasteiger partial charge in [-0.25, -0.2) is 4.68 Å². The Labute approximate surface area is 110 Å². The quantitative estimate of drug-likeness (QED) is 0.776. The third-order valence-electron chi connectivity index (χ3n) is 2.10. The summed E-state index contributed by atoms with van der Waals surface area (Å²) in [5, 5.41) is 4.39. The molecule has 0 atom stereocenters. The molecular weight excluding hydrogens is 369 g/mol. The van der Waals surface area contributed by atoms with Crippen LogP contribution in [0.4, 0.5) is 5.82 Å². The minimum atomic E-state index is 0.681. The fourth-order valence-electron chi connectivity index (χ4n) is 1.33. The highest BCUT2D eigenvalue weighted by molar-refractivity contribution is 14.1. The molecule has 2 N–H and O–H groups in total. The summed E-state index contributed by atoms with van der Waals surface area (Å²) in [5.74, 6) is 0.681. The van der Waals surface area contributed by atoms with Gasteiger partial charge in [0.2, 0.25) is 0 Å². The molecule has 0 amide bonds. The molecule has 0 spiro atoms. The Bertz CT molecular complexity index is 507. The van der Waals surface area contributed by atoms with Gasteiger partial charge < -0.3 is 5.73 Å². The second-order valence-corrected chi connectivity index (χ2v) is 5.08. The zero-order chi connectivity index (χ0) is 11.0. The van der Waals surface area contributed by atoms with Crippen LogP contribution in [0.5, 0.6) is 0 Å². The molecule has 0 aliphatic carbocycles. The van der Waals surface area contributed by atoms with Gasteiger partial charge in [-0.1, -0.05) is 12.1 Å². The summed E-state index contributed by atoms with van der Waals surface area (Å²) in [7, 11) is 0. The van der Waals surface area contributed by atoms with Gasteiger partial charge in [-0.3, -0.25) is 0 Å². The maximum Gasteiger partial charge on any atom is 0.141 e. The van der Waals surface area contributed by atoms with E-state index in [4.69, 9.17) is 5.73 Å². The lowest BCUT2D eigenvalue weighted by molar-refractivity contribution is 0.868. The lowest BCUT2D eigenvalue weighted by atomic mass is 10.3. The van der Waals surface area contributed by atoms with E-state index in [1.807, 2.05) is 31.2 Å². The van der Waals surface area contributed by atoms with Crippen LogP contribution in [-0.4, -0.2) is 9.78 Å². The van der Waals surface area contributed by atoms with Gasteiger partial charge in [0, 0.05) is 4.47 Å². The van der Waals surface area contributed by atoms with Crippen LogP contribution in [-0.2, 0) is 0 Å². The fourth-order valence-corrected chi connectivity index (χ4v) is 2.12. The largest absolute Gasteiger partial charge is 0.383 e. The van der Waals surface area contributed by atoms with E-state index in [0.717, 1.165) is 19.4 Å². The second-order valence-electron chi connectivity index (χ2n) is 3.15. The van der Waals surface area contributed by atoms with Crippen molar-refractivity contribution in [3.05, 3.63) is 38.0 Å². The third kappa shape index (κ3) is 1.90. The summed E-state index contributed by atoms with van der Waals surface area (Å²) in [6, 6.07) is 7.87. The molecule has 15 heavy (non-hydrogen) atoms. The van der Waals surface area contributed by atoms with Crippen LogP contribution in [0.1, 0.15) is 5.69 Å². The summed E-state index contributed by atoms with van der Waals surface area (Å²) in [4.78, 5) is 0. The SMILES string of the molecule is Cc1nn(-c2ccccc2Br)c(N)c1I. The smallest absolute Gasteiger partial charge is 0.141 e. The van der Waals surface area contributed by atoms with Crippen molar-refractivity contribution in [3.63, 3.8) is 0 Å². The van der Waals surface area contributed by atoms with E-state index in [0.29, 0.717) is 5.82 Å². The average molecular weight is 378 g/mol. The number of aromatic nitrogens is 2. The Kier molecular flexibility index (Phi) is 3.01. The van der Waals surface area contributed by atoms with Crippen molar-refractivity contribution >= 4 is 44.3 Å².